The van der Waals surface area contributed by atoms with Gasteiger partial charge in [-0.1, -0.05) is 30.3 Å². The van der Waals surface area contributed by atoms with Crippen molar-refractivity contribution in [3.8, 4) is 0 Å². The average molecular weight is 271 g/mol. The minimum absolute atomic E-state index is 0.0780. The zero-order chi connectivity index (χ0) is 14.3. The van der Waals surface area contributed by atoms with Crippen molar-refractivity contribution in [3.05, 3.63) is 41.6 Å². The van der Waals surface area contributed by atoms with Crippen LogP contribution in [0.5, 0.6) is 0 Å². The lowest BCUT2D eigenvalue weighted by Crippen LogP contribution is -2.12. The van der Waals surface area contributed by atoms with Crippen LogP contribution < -0.4 is 0 Å². The molecule has 0 heterocycles. The van der Waals surface area contributed by atoms with Gasteiger partial charge in [0.25, 0.3) is 0 Å². The zero-order valence-corrected chi connectivity index (χ0v) is 10.1. The predicted octanol–water partition coefficient (Wildman–Crippen LogP) is 3.22. The quantitative estimate of drug-likeness (QED) is 0.623. The molecule has 1 rings (SSSR count). The maximum atomic E-state index is 12.7. The summed E-state index contributed by atoms with van der Waals surface area (Å²) in [6, 6.07) is 7.91. The van der Waals surface area contributed by atoms with E-state index in [1.807, 2.05) is 0 Å². The van der Waals surface area contributed by atoms with Gasteiger partial charge in [-0.2, -0.15) is 13.2 Å². The van der Waals surface area contributed by atoms with Crippen LogP contribution in [0.25, 0.3) is 6.08 Å². The van der Waals surface area contributed by atoms with Crippen molar-refractivity contribution >= 4 is 18.3 Å². The maximum Gasteiger partial charge on any atom is 0.433 e. The predicted molar refractivity (Wildman–Crippen MR) is 65.6 cm³/mol. The third kappa shape index (κ3) is 5.37. The molecular weight excluding hydrogens is 259 g/mol. The summed E-state index contributed by atoms with van der Waals surface area (Å²) in [6.07, 6.45) is -3.26. The number of halogens is 3. The first-order valence-electron chi connectivity index (χ1n) is 5.48. The molecule has 0 saturated carbocycles. The van der Waals surface area contributed by atoms with Crippen molar-refractivity contribution in [1.82, 2.24) is 0 Å². The minimum Gasteiger partial charge on any atom is -0.462 e. The minimum atomic E-state index is -4.64. The van der Waals surface area contributed by atoms with Crippen molar-refractivity contribution in [2.75, 3.05) is 6.61 Å². The van der Waals surface area contributed by atoms with Gasteiger partial charge in [0, 0.05) is 0 Å². The molecule has 0 amide bonds. The van der Waals surface area contributed by atoms with Gasteiger partial charge in [0.2, 0.25) is 0 Å². The highest BCUT2D eigenvalue weighted by atomic mass is 19.4. The second-order valence-electron chi connectivity index (χ2n) is 3.45. The first-order valence-corrected chi connectivity index (χ1v) is 5.48. The number of esters is 1. The maximum absolute atomic E-state index is 12.7. The fourth-order valence-electron chi connectivity index (χ4n) is 1.20. The number of nitrogens with zero attached hydrogens (tertiary/aromatic N) is 1. The lowest BCUT2D eigenvalue weighted by molar-refractivity contribution is -0.134. The molecule has 0 fully saturated rings. The molecule has 3 nitrogen and oxygen atoms in total. The van der Waals surface area contributed by atoms with Gasteiger partial charge in [-0.25, -0.2) is 9.79 Å². The Balaban J connectivity index is 2.97. The molecule has 0 aromatic heterocycles. The molecular formula is C13H12F3NO2. The number of carbonyl (C=O) groups is 1. The highest BCUT2D eigenvalue weighted by Gasteiger charge is 2.33. The van der Waals surface area contributed by atoms with Gasteiger partial charge in [-0.3, -0.25) is 0 Å². The van der Waals surface area contributed by atoms with Crippen LogP contribution >= 0.6 is 0 Å². The number of carbonyl (C=O) groups excluding carboxylic acids is 1. The fraction of sp³-hybridized carbons (Fsp3) is 0.231. The topological polar surface area (TPSA) is 38.7 Å². The number of alkyl halides is 3. The Morgan fingerprint density at radius 3 is 2.47 bits per heavy atom. The van der Waals surface area contributed by atoms with E-state index in [0.717, 1.165) is 6.08 Å². The highest BCUT2D eigenvalue weighted by molar-refractivity contribution is 6.23. The Kier molecular flexibility index (Phi) is 5.29. The number of allylic oxidation sites excluding steroid dienone is 1. The van der Waals surface area contributed by atoms with Crippen LogP contribution in [-0.2, 0) is 9.53 Å². The number of hydrogen-bond donors (Lipinski definition) is 0. The second kappa shape index (κ2) is 6.72. The summed E-state index contributed by atoms with van der Waals surface area (Å²) >= 11 is 0. The van der Waals surface area contributed by atoms with E-state index in [4.69, 9.17) is 0 Å². The Morgan fingerprint density at radius 1 is 1.32 bits per heavy atom. The molecule has 1 aromatic rings. The van der Waals surface area contributed by atoms with Gasteiger partial charge in [0.15, 0.2) is 0 Å². The van der Waals surface area contributed by atoms with Crippen LogP contribution in [0, 0.1) is 0 Å². The normalized spacial score (nSPS) is 12.7. The van der Waals surface area contributed by atoms with E-state index in [9.17, 15) is 18.0 Å². The number of benzene rings is 1. The number of ether oxygens (including phenoxy) is 1. The second-order valence-corrected chi connectivity index (χ2v) is 3.45. The molecule has 1 aromatic carbocycles. The Labute approximate surface area is 108 Å². The molecule has 6 heteroatoms. The van der Waals surface area contributed by atoms with E-state index >= 15 is 0 Å². The smallest absolute Gasteiger partial charge is 0.433 e. The zero-order valence-electron chi connectivity index (χ0n) is 10.1. The first kappa shape index (κ1) is 14.9. The van der Waals surface area contributed by atoms with Crippen molar-refractivity contribution in [3.63, 3.8) is 0 Å². The van der Waals surface area contributed by atoms with E-state index in [1.54, 1.807) is 25.1 Å². The summed E-state index contributed by atoms with van der Waals surface area (Å²) in [6.45, 7) is 1.63. The monoisotopic (exact) mass is 271 g/mol. The fourth-order valence-corrected chi connectivity index (χ4v) is 1.20. The average Bonchev–Trinajstić information content (AvgIpc) is 2.34. The van der Waals surface area contributed by atoms with Gasteiger partial charge >= 0.3 is 12.1 Å². The largest absolute Gasteiger partial charge is 0.462 e. The summed E-state index contributed by atoms with van der Waals surface area (Å²) < 4.78 is 42.6. The van der Waals surface area contributed by atoms with Gasteiger partial charge in [0.05, 0.1) is 6.61 Å². The molecule has 0 unspecified atom stereocenters. The lowest BCUT2D eigenvalue weighted by atomic mass is 10.2. The molecule has 0 radical (unpaired) electrons. The van der Waals surface area contributed by atoms with Crippen LogP contribution in [0.4, 0.5) is 13.2 Å². The Bertz CT molecular complexity index is 478. The molecule has 0 aliphatic carbocycles. The highest BCUT2D eigenvalue weighted by Crippen LogP contribution is 2.28. The molecule has 102 valence electrons. The third-order valence-electron chi connectivity index (χ3n) is 1.99. The van der Waals surface area contributed by atoms with Gasteiger partial charge in [-0.15, -0.1) is 0 Å². The van der Waals surface area contributed by atoms with Crippen molar-refractivity contribution in [2.24, 2.45) is 4.99 Å². The molecule has 0 atom stereocenters. The van der Waals surface area contributed by atoms with E-state index < -0.39 is 17.8 Å². The number of hydrogen-bond acceptors (Lipinski definition) is 3. The summed E-state index contributed by atoms with van der Waals surface area (Å²) in [4.78, 5) is 14.1. The van der Waals surface area contributed by atoms with Crippen LogP contribution in [0.15, 0.2) is 41.0 Å². The van der Waals surface area contributed by atoms with E-state index in [1.165, 1.54) is 12.1 Å². The molecule has 0 saturated heterocycles. The van der Waals surface area contributed by atoms with Gasteiger partial charge in [-0.05, 0) is 18.6 Å². The van der Waals surface area contributed by atoms with Crippen molar-refractivity contribution in [2.45, 2.75) is 13.1 Å². The Morgan fingerprint density at radius 2 is 1.95 bits per heavy atom. The SMILES string of the molecule is CCOC(=O)C=N/C(=C/c1ccccc1)C(F)(F)F. The van der Waals surface area contributed by atoms with Crippen LogP contribution in [0.2, 0.25) is 0 Å². The third-order valence-corrected chi connectivity index (χ3v) is 1.99. The van der Waals surface area contributed by atoms with Crippen LogP contribution in [0.1, 0.15) is 12.5 Å². The summed E-state index contributed by atoms with van der Waals surface area (Å²) in [7, 11) is 0. The van der Waals surface area contributed by atoms with E-state index in [2.05, 4.69) is 9.73 Å². The molecule has 0 aliphatic heterocycles. The molecule has 19 heavy (non-hydrogen) atoms. The van der Waals surface area contributed by atoms with Crippen LogP contribution in [-0.4, -0.2) is 25.0 Å². The number of aliphatic imine (C=N–C) groups is 1. The molecule has 0 spiro atoms. The van der Waals surface area contributed by atoms with Crippen molar-refractivity contribution in [1.29, 1.82) is 0 Å². The van der Waals surface area contributed by atoms with Gasteiger partial charge < -0.3 is 4.74 Å². The number of rotatable bonds is 4. The summed E-state index contributed by atoms with van der Waals surface area (Å²) in [5, 5.41) is 0. The van der Waals surface area contributed by atoms with E-state index in [-0.39, 0.29) is 6.61 Å². The van der Waals surface area contributed by atoms with E-state index in [0.29, 0.717) is 11.8 Å². The molecule has 0 bridgehead atoms. The Hall–Kier alpha value is -2.11. The summed E-state index contributed by atoms with van der Waals surface area (Å²) in [5.41, 5.74) is -0.817. The van der Waals surface area contributed by atoms with Gasteiger partial charge in [0.1, 0.15) is 11.9 Å². The lowest BCUT2D eigenvalue weighted by Gasteiger charge is -2.06. The first-order chi connectivity index (χ1) is 8.93. The van der Waals surface area contributed by atoms with Crippen LogP contribution in [0.3, 0.4) is 0 Å². The molecule has 0 N–H and O–H groups in total. The van der Waals surface area contributed by atoms with Crippen molar-refractivity contribution < 1.29 is 22.7 Å². The standard InChI is InChI=1S/C13H12F3NO2/c1-2-19-12(18)9-17-11(13(14,15)16)8-10-6-4-3-5-7-10/h3-9H,2H2,1H3/b11-8+,17-9?. The summed E-state index contributed by atoms with van der Waals surface area (Å²) in [5.74, 6) is -0.911. The molecule has 0 aliphatic rings.